The van der Waals surface area contributed by atoms with E-state index in [1.165, 1.54) is 0 Å². The molecule has 0 saturated heterocycles. The fourth-order valence-corrected chi connectivity index (χ4v) is 2.68. The van der Waals surface area contributed by atoms with Crippen LogP contribution in [0.5, 0.6) is 0 Å². The van der Waals surface area contributed by atoms with Crippen molar-refractivity contribution in [2.24, 2.45) is 7.05 Å². The van der Waals surface area contributed by atoms with Gasteiger partial charge >= 0.3 is 0 Å². The van der Waals surface area contributed by atoms with E-state index < -0.39 is 5.82 Å². The Bertz CT molecular complexity index is 1080. The molecule has 4 rings (SSSR count). The minimum atomic E-state index is -0.548. The Hall–Kier alpha value is -3.19. The smallest absolute Gasteiger partial charge is 0.229 e. The number of benzene rings is 2. The van der Waals surface area contributed by atoms with E-state index in [1.807, 2.05) is 25.2 Å². The molecule has 0 aliphatic heterocycles. The van der Waals surface area contributed by atoms with E-state index in [9.17, 15) is 4.39 Å². The molecule has 6 nitrogen and oxygen atoms in total. The summed E-state index contributed by atoms with van der Waals surface area (Å²) in [6.45, 7) is 0. The second kappa shape index (κ2) is 6.61. The molecule has 0 fully saturated rings. The Morgan fingerprint density at radius 1 is 1.00 bits per heavy atom. The van der Waals surface area contributed by atoms with E-state index in [-0.39, 0.29) is 11.8 Å². The van der Waals surface area contributed by atoms with Crippen LogP contribution in [0.4, 0.5) is 27.5 Å². The lowest BCUT2D eigenvalue weighted by Gasteiger charge is -2.10. The maximum atomic E-state index is 14.0. The summed E-state index contributed by atoms with van der Waals surface area (Å²) < 4.78 is 15.8. The Balaban J connectivity index is 1.59. The van der Waals surface area contributed by atoms with Gasteiger partial charge in [0.2, 0.25) is 5.95 Å². The van der Waals surface area contributed by atoms with Crippen molar-refractivity contribution in [3.05, 3.63) is 65.7 Å². The molecule has 26 heavy (non-hydrogen) atoms. The molecule has 130 valence electrons. The van der Waals surface area contributed by atoms with Gasteiger partial charge in [-0.05, 0) is 42.5 Å². The lowest BCUT2D eigenvalue weighted by Crippen LogP contribution is -2.03. The zero-order valence-electron chi connectivity index (χ0n) is 13.7. The summed E-state index contributed by atoms with van der Waals surface area (Å²) in [6, 6.07) is 12.7. The van der Waals surface area contributed by atoms with E-state index in [0.29, 0.717) is 10.7 Å². The van der Waals surface area contributed by atoms with Gasteiger partial charge in [0, 0.05) is 28.8 Å². The van der Waals surface area contributed by atoms with Crippen LogP contribution >= 0.6 is 11.6 Å². The number of nitrogens with one attached hydrogen (secondary N) is 2. The minimum absolute atomic E-state index is 0.0762. The Morgan fingerprint density at radius 2 is 1.77 bits per heavy atom. The van der Waals surface area contributed by atoms with Crippen molar-refractivity contribution in [2.45, 2.75) is 0 Å². The quantitative estimate of drug-likeness (QED) is 0.549. The Labute approximate surface area is 153 Å². The van der Waals surface area contributed by atoms with E-state index in [1.54, 1.807) is 35.1 Å². The fraction of sp³-hybridized carbons (Fsp3) is 0.0556. The number of fused-ring (bicyclic) bond motifs is 1. The second-order valence-electron chi connectivity index (χ2n) is 5.69. The van der Waals surface area contributed by atoms with Crippen LogP contribution in [0.3, 0.4) is 0 Å². The average Bonchev–Trinajstić information content (AvgIpc) is 3.00. The van der Waals surface area contributed by atoms with Gasteiger partial charge in [-0.2, -0.15) is 10.1 Å². The van der Waals surface area contributed by atoms with Gasteiger partial charge in [0.15, 0.2) is 11.6 Å². The number of halogens is 2. The number of nitrogens with zero attached hydrogens (tertiary/aromatic N) is 4. The lowest BCUT2D eigenvalue weighted by molar-refractivity contribution is 0.619. The number of rotatable bonds is 4. The molecular weight excluding hydrogens is 355 g/mol. The SMILES string of the molecule is Cn1ncc2cc(Nc3ncc(F)c(Nc4ccc(Cl)cc4)n3)ccc21. The molecular formula is C18H14ClFN6. The van der Waals surface area contributed by atoms with Gasteiger partial charge in [-0.1, -0.05) is 11.6 Å². The third-order valence-corrected chi connectivity index (χ3v) is 4.11. The van der Waals surface area contributed by atoms with Crippen LogP contribution < -0.4 is 10.6 Å². The first-order valence-corrected chi connectivity index (χ1v) is 8.20. The van der Waals surface area contributed by atoms with Gasteiger partial charge in [-0.15, -0.1) is 0 Å². The zero-order chi connectivity index (χ0) is 18.1. The summed E-state index contributed by atoms with van der Waals surface area (Å²) in [7, 11) is 1.88. The summed E-state index contributed by atoms with van der Waals surface area (Å²) in [5.41, 5.74) is 2.48. The number of hydrogen-bond donors (Lipinski definition) is 2. The van der Waals surface area contributed by atoms with E-state index >= 15 is 0 Å². The van der Waals surface area contributed by atoms with Crippen LogP contribution in [-0.4, -0.2) is 19.7 Å². The predicted molar refractivity (Wildman–Crippen MR) is 101 cm³/mol. The maximum absolute atomic E-state index is 14.0. The van der Waals surface area contributed by atoms with Crippen molar-refractivity contribution in [1.82, 2.24) is 19.7 Å². The molecule has 8 heteroatoms. The standard InChI is InChI=1S/C18H14ClFN6/c1-26-16-7-6-14(8-11(16)9-22-26)24-18-21-10-15(20)17(25-18)23-13-4-2-12(19)3-5-13/h2-10H,1H3,(H2,21,23,24,25). The summed E-state index contributed by atoms with van der Waals surface area (Å²) >= 11 is 5.86. The normalized spacial score (nSPS) is 10.9. The molecule has 0 radical (unpaired) electrons. The second-order valence-corrected chi connectivity index (χ2v) is 6.13. The zero-order valence-corrected chi connectivity index (χ0v) is 14.5. The molecule has 2 aromatic heterocycles. The van der Waals surface area contributed by atoms with Crippen LogP contribution in [0.15, 0.2) is 54.9 Å². The first kappa shape index (κ1) is 16.3. The van der Waals surface area contributed by atoms with Crippen LogP contribution in [-0.2, 0) is 7.05 Å². The summed E-state index contributed by atoms with van der Waals surface area (Å²) in [6.07, 6.45) is 2.90. The third-order valence-electron chi connectivity index (χ3n) is 3.85. The molecule has 2 heterocycles. The third kappa shape index (κ3) is 3.29. The van der Waals surface area contributed by atoms with E-state index in [0.717, 1.165) is 22.8 Å². The molecule has 4 aromatic rings. The highest BCUT2D eigenvalue weighted by Gasteiger charge is 2.09. The first-order chi connectivity index (χ1) is 12.6. The maximum Gasteiger partial charge on any atom is 0.229 e. The van der Waals surface area contributed by atoms with E-state index in [2.05, 4.69) is 25.7 Å². The van der Waals surface area contributed by atoms with Crippen LogP contribution in [0, 0.1) is 5.82 Å². The highest BCUT2D eigenvalue weighted by Crippen LogP contribution is 2.23. The number of hydrogen-bond acceptors (Lipinski definition) is 5. The highest BCUT2D eigenvalue weighted by atomic mass is 35.5. The minimum Gasteiger partial charge on any atom is -0.338 e. The van der Waals surface area contributed by atoms with Gasteiger partial charge in [0.25, 0.3) is 0 Å². The Kier molecular flexibility index (Phi) is 4.14. The van der Waals surface area contributed by atoms with Crippen LogP contribution in [0.25, 0.3) is 10.9 Å². The topological polar surface area (TPSA) is 67.7 Å². The molecule has 0 spiro atoms. The molecule has 0 saturated carbocycles. The molecule has 0 atom stereocenters. The molecule has 0 aliphatic carbocycles. The number of aryl methyl sites for hydroxylation is 1. The van der Waals surface area contributed by atoms with Gasteiger partial charge in [-0.25, -0.2) is 9.37 Å². The van der Waals surface area contributed by atoms with Crippen molar-refractivity contribution in [2.75, 3.05) is 10.6 Å². The van der Waals surface area contributed by atoms with Crippen LogP contribution in [0.1, 0.15) is 0 Å². The van der Waals surface area contributed by atoms with Crippen molar-refractivity contribution in [1.29, 1.82) is 0 Å². The lowest BCUT2D eigenvalue weighted by atomic mass is 10.2. The number of anilines is 4. The average molecular weight is 369 g/mol. The molecule has 0 bridgehead atoms. The van der Waals surface area contributed by atoms with Crippen molar-refractivity contribution in [3.8, 4) is 0 Å². The predicted octanol–water partition coefficient (Wildman–Crippen LogP) is 4.64. The van der Waals surface area contributed by atoms with Crippen LogP contribution in [0.2, 0.25) is 5.02 Å². The Morgan fingerprint density at radius 3 is 2.58 bits per heavy atom. The molecule has 0 aliphatic rings. The monoisotopic (exact) mass is 368 g/mol. The van der Waals surface area contributed by atoms with Gasteiger partial charge in [-0.3, -0.25) is 4.68 Å². The van der Waals surface area contributed by atoms with Crippen molar-refractivity contribution >= 4 is 45.6 Å². The first-order valence-electron chi connectivity index (χ1n) is 7.82. The van der Waals surface area contributed by atoms with Gasteiger partial charge in [0.05, 0.1) is 17.9 Å². The largest absolute Gasteiger partial charge is 0.338 e. The van der Waals surface area contributed by atoms with Gasteiger partial charge in [0.1, 0.15) is 0 Å². The highest BCUT2D eigenvalue weighted by molar-refractivity contribution is 6.30. The fourth-order valence-electron chi connectivity index (χ4n) is 2.56. The molecule has 0 unspecified atom stereocenters. The van der Waals surface area contributed by atoms with Gasteiger partial charge < -0.3 is 10.6 Å². The van der Waals surface area contributed by atoms with Crippen molar-refractivity contribution < 1.29 is 4.39 Å². The van der Waals surface area contributed by atoms with E-state index in [4.69, 9.17) is 11.6 Å². The molecule has 2 aromatic carbocycles. The molecule has 0 amide bonds. The number of aromatic nitrogens is 4. The summed E-state index contributed by atoms with van der Waals surface area (Å²) in [5, 5.41) is 11.8. The molecule has 2 N–H and O–H groups in total. The van der Waals surface area contributed by atoms with Crippen molar-refractivity contribution in [3.63, 3.8) is 0 Å². The summed E-state index contributed by atoms with van der Waals surface area (Å²) in [5.74, 6) is -0.188. The summed E-state index contributed by atoms with van der Waals surface area (Å²) in [4.78, 5) is 8.20.